The maximum absolute atomic E-state index is 3.99. The molecule has 0 radical (unpaired) electrons. The van der Waals surface area contributed by atoms with E-state index in [4.69, 9.17) is 0 Å². The van der Waals surface area contributed by atoms with Gasteiger partial charge in [-0.05, 0) is 30.9 Å². The molecular formula is C16H23N3. The molecule has 1 heterocycles. The van der Waals surface area contributed by atoms with Crippen LogP contribution in [0.25, 0.3) is 0 Å². The second kappa shape index (κ2) is 6.02. The topological polar surface area (TPSA) is 40.7 Å². The fourth-order valence-electron chi connectivity index (χ4n) is 2.23. The monoisotopic (exact) mass is 257 g/mol. The Morgan fingerprint density at radius 1 is 0.895 bits per heavy atom. The third-order valence-corrected chi connectivity index (χ3v) is 3.62. The van der Waals surface area contributed by atoms with Crippen LogP contribution in [0.1, 0.15) is 62.4 Å². The molecular weight excluding hydrogens is 234 g/mol. The first kappa shape index (κ1) is 13.8. The number of aromatic amines is 1. The minimum atomic E-state index is 0.290. The average molecular weight is 257 g/mol. The first-order valence-corrected chi connectivity index (χ1v) is 6.92. The Kier molecular flexibility index (Phi) is 4.38. The van der Waals surface area contributed by atoms with E-state index in [1.165, 1.54) is 16.7 Å². The Hall–Kier alpha value is -1.61. The first-order valence-electron chi connectivity index (χ1n) is 6.92. The quantitative estimate of drug-likeness (QED) is 0.851. The van der Waals surface area contributed by atoms with E-state index >= 15 is 0 Å². The number of benzene rings is 1. The predicted molar refractivity (Wildman–Crippen MR) is 79.1 cm³/mol. The van der Waals surface area contributed by atoms with E-state index in [0.717, 1.165) is 0 Å². The molecule has 102 valence electrons. The van der Waals surface area contributed by atoms with Crippen LogP contribution in [0.2, 0.25) is 0 Å². The van der Waals surface area contributed by atoms with Crippen LogP contribution in [0.5, 0.6) is 0 Å². The third-order valence-electron chi connectivity index (χ3n) is 3.62. The van der Waals surface area contributed by atoms with Gasteiger partial charge in [-0.1, -0.05) is 38.1 Å². The second-order valence-corrected chi connectivity index (χ2v) is 5.46. The minimum Gasteiger partial charge on any atom is -0.304 e. The van der Waals surface area contributed by atoms with Crippen LogP contribution in [0.3, 0.4) is 0 Å². The zero-order valence-corrected chi connectivity index (χ0v) is 12.1. The molecule has 0 fully saturated rings. The minimum absolute atomic E-state index is 0.290. The summed E-state index contributed by atoms with van der Waals surface area (Å²) in [4.78, 5) is 0. The number of H-pyrrole nitrogens is 1. The molecule has 1 aromatic heterocycles. The molecule has 2 atom stereocenters. The van der Waals surface area contributed by atoms with Crippen LogP contribution in [0, 0.1) is 0 Å². The lowest BCUT2D eigenvalue weighted by atomic mass is 9.99. The number of hydrogen-bond acceptors (Lipinski definition) is 2. The Bertz CT molecular complexity index is 485. The highest BCUT2D eigenvalue weighted by Gasteiger charge is 2.12. The number of rotatable bonds is 5. The van der Waals surface area contributed by atoms with Gasteiger partial charge in [0.25, 0.3) is 0 Å². The normalized spacial score (nSPS) is 14.6. The third kappa shape index (κ3) is 3.44. The van der Waals surface area contributed by atoms with E-state index in [-0.39, 0.29) is 0 Å². The molecule has 19 heavy (non-hydrogen) atoms. The van der Waals surface area contributed by atoms with Crippen LogP contribution in [-0.2, 0) is 0 Å². The van der Waals surface area contributed by atoms with Gasteiger partial charge in [0, 0.05) is 23.8 Å². The van der Waals surface area contributed by atoms with Gasteiger partial charge in [-0.2, -0.15) is 5.10 Å². The predicted octanol–water partition coefficient (Wildman–Crippen LogP) is 3.94. The largest absolute Gasteiger partial charge is 0.304 e. The second-order valence-electron chi connectivity index (χ2n) is 5.46. The number of aromatic nitrogens is 2. The number of nitrogens with one attached hydrogen (secondary N) is 2. The van der Waals surface area contributed by atoms with E-state index in [2.05, 4.69) is 67.5 Å². The first-order chi connectivity index (χ1) is 9.08. The summed E-state index contributed by atoms with van der Waals surface area (Å²) in [7, 11) is 0. The Morgan fingerprint density at radius 3 is 2.00 bits per heavy atom. The van der Waals surface area contributed by atoms with Crippen molar-refractivity contribution in [3.05, 3.63) is 53.3 Å². The van der Waals surface area contributed by atoms with E-state index in [9.17, 15) is 0 Å². The zero-order chi connectivity index (χ0) is 13.8. The van der Waals surface area contributed by atoms with Gasteiger partial charge in [0.05, 0.1) is 6.20 Å². The summed E-state index contributed by atoms with van der Waals surface area (Å²) in [6.07, 6.45) is 3.80. The van der Waals surface area contributed by atoms with Crippen LogP contribution < -0.4 is 5.32 Å². The lowest BCUT2D eigenvalue weighted by Crippen LogP contribution is -2.22. The summed E-state index contributed by atoms with van der Waals surface area (Å²) >= 11 is 0. The van der Waals surface area contributed by atoms with Crippen molar-refractivity contribution in [3.63, 3.8) is 0 Å². The molecule has 0 aliphatic carbocycles. The molecule has 3 heteroatoms. The summed E-state index contributed by atoms with van der Waals surface area (Å²) in [5.74, 6) is 0.585. The van der Waals surface area contributed by atoms with Crippen molar-refractivity contribution < 1.29 is 0 Å². The van der Waals surface area contributed by atoms with Crippen molar-refractivity contribution in [3.8, 4) is 0 Å². The Balaban J connectivity index is 2.01. The molecule has 2 unspecified atom stereocenters. The maximum Gasteiger partial charge on any atom is 0.0534 e. The highest BCUT2D eigenvalue weighted by Crippen LogP contribution is 2.21. The van der Waals surface area contributed by atoms with Crippen molar-refractivity contribution in [1.82, 2.24) is 15.5 Å². The van der Waals surface area contributed by atoms with Crippen LogP contribution in [0.4, 0.5) is 0 Å². The van der Waals surface area contributed by atoms with Gasteiger partial charge >= 0.3 is 0 Å². The Morgan fingerprint density at radius 2 is 1.47 bits per heavy atom. The molecule has 3 nitrogen and oxygen atoms in total. The van der Waals surface area contributed by atoms with E-state index in [1.807, 2.05) is 12.4 Å². The van der Waals surface area contributed by atoms with Gasteiger partial charge in [-0.3, -0.25) is 5.10 Å². The summed E-state index contributed by atoms with van der Waals surface area (Å²) < 4.78 is 0. The Labute approximate surface area is 115 Å². The standard InChI is InChI=1S/C16H23N3/c1-11(2)14-5-7-15(8-6-14)12(3)19-13(4)16-9-17-18-10-16/h5-13,19H,1-4H3,(H,17,18). The van der Waals surface area contributed by atoms with Crippen molar-refractivity contribution in [1.29, 1.82) is 0 Å². The van der Waals surface area contributed by atoms with Crippen molar-refractivity contribution in [2.45, 2.75) is 45.7 Å². The van der Waals surface area contributed by atoms with Crippen LogP contribution in [-0.4, -0.2) is 10.2 Å². The SMILES string of the molecule is CC(C)c1ccc(C(C)NC(C)c2cn[nH]c2)cc1. The molecule has 0 amide bonds. The smallest absolute Gasteiger partial charge is 0.0534 e. The van der Waals surface area contributed by atoms with Gasteiger partial charge in [-0.25, -0.2) is 0 Å². The molecule has 0 saturated carbocycles. The maximum atomic E-state index is 3.99. The molecule has 0 saturated heterocycles. The van der Waals surface area contributed by atoms with Gasteiger partial charge in [-0.15, -0.1) is 0 Å². The van der Waals surface area contributed by atoms with Gasteiger partial charge in [0.15, 0.2) is 0 Å². The fraction of sp³-hybridized carbons (Fsp3) is 0.438. The van der Waals surface area contributed by atoms with Crippen LogP contribution >= 0.6 is 0 Å². The molecule has 1 aromatic carbocycles. The molecule has 2 rings (SSSR count). The zero-order valence-electron chi connectivity index (χ0n) is 12.1. The van der Waals surface area contributed by atoms with Crippen molar-refractivity contribution in [2.75, 3.05) is 0 Å². The lowest BCUT2D eigenvalue weighted by Gasteiger charge is -2.20. The van der Waals surface area contributed by atoms with Gasteiger partial charge < -0.3 is 5.32 Å². The summed E-state index contributed by atoms with van der Waals surface area (Å²) in [6.45, 7) is 8.79. The fourth-order valence-corrected chi connectivity index (χ4v) is 2.23. The molecule has 0 aliphatic heterocycles. The number of hydrogen-bond donors (Lipinski definition) is 2. The van der Waals surface area contributed by atoms with E-state index < -0.39 is 0 Å². The van der Waals surface area contributed by atoms with E-state index in [0.29, 0.717) is 18.0 Å². The molecule has 0 aliphatic rings. The molecule has 0 bridgehead atoms. The van der Waals surface area contributed by atoms with Crippen molar-refractivity contribution >= 4 is 0 Å². The molecule has 2 N–H and O–H groups in total. The van der Waals surface area contributed by atoms with Crippen molar-refractivity contribution in [2.24, 2.45) is 0 Å². The van der Waals surface area contributed by atoms with E-state index in [1.54, 1.807) is 0 Å². The summed E-state index contributed by atoms with van der Waals surface area (Å²) in [5.41, 5.74) is 3.89. The average Bonchev–Trinajstić information content (AvgIpc) is 2.92. The summed E-state index contributed by atoms with van der Waals surface area (Å²) in [6, 6.07) is 9.50. The number of nitrogens with zero attached hydrogens (tertiary/aromatic N) is 1. The lowest BCUT2D eigenvalue weighted by molar-refractivity contribution is 0.494. The molecule has 0 spiro atoms. The highest BCUT2D eigenvalue weighted by molar-refractivity contribution is 5.26. The van der Waals surface area contributed by atoms with Crippen LogP contribution in [0.15, 0.2) is 36.7 Å². The highest BCUT2D eigenvalue weighted by atomic mass is 15.1. The summed E-state index contributed by atoms with van der Waals surface area (Å²) in [5, 5.41) is 10.4. The van der Waals surface area contributed by atoms with Gasteiger partial charge in [0.2, 0.25) is 0 Å². The molecule has 2 aromatic rings. The van der Waals surface area contributed by atoms with Gasteiger partial charge in [0.1, 0.15) is 0 Å².